The number of halogens is 3. The molecule has 0 aromatic heterocycles. The highest BCUT2D eigenvalue weighted by atomic mass is 35.5. The predicted octanol–water partition coefficient (Wildman–Crippen LogP) is 7.46. The SMILES string of the molecule is O=C1S/C(=C\c2ccc(OCc3ccc(Cl)c(Cl)c3)cc2)C(=O)N1Cc1ccccc1Cl. The van der Waals surface area contributed by atoms with Crippen LogP contribution in [0.25, 0.3) is 6.08 Å². The summed E-state index contributed by atoms with van der Waals surface area (Å²) in [7, 11) is 0. The van der Waals surface area contributed by atoms with Crippen LogP contribution < -0.4 is 4.74 Å². The zero-order valence-electron chi connectivity index (χ0n) is 16.6. The Labute approximate surface area is 204 Å². The maximum Gasteiger partial charge on any atom is 0.293 e. The number of benzene rings is 3. The minimum atomic E-state index is -0.333. The molecule has 8 heteroatoms. The number of nitrogens with zero attached hydrogens (tertiary/aromatic N) is 1. The quantitative estimate of drug-likeness (QED) is 0.327. The van der Waals surface area contributed by atoms with E-state index in [1.54, 1.807) is 48.5 Å². The molecule has 2 amide bonds. The van der Waals surface area contributed by atoms with Crippen LogP contribution in [0, 0.1) is 0 Å². The topological polar surface area (TPSA) is 46.6 Å². The van der Waals surface area contributed by atoms with Crippen LogP contribution in [0.3, 0.4) is 0 Å². The Kier molecular flexibility index (Phi) is 7.11. The molecule has 0 spiro atoms. The van der Waals surface area contributed by atoms with Gasteiger partial charge in [-0.3, -0.25) is 14.5 Å². The molecule has 0 radical (unpaired) electrons. The second-order valence-corrected chi connectivity index (χ2v) is 9.18. The van der Waals surface area contributed by atoms with Gasteiger partial charge in [-0.05, 0) is 64.9 Å². The van der Waals surface area contributed by atoms with Crippen molar-refractivity contribution in [3.63, 3.8) is 0 Å². The van der Waals surface area contributed by atoms with Gasteiger partial charge in [-0.25, -0.2) is 0 Å². The third-order valence-electron chi connectivity index (χ3n) is 4.73. The second kappa shape index (κ2) is 10.0. The lowest BCUT2D eigenvalue weighted by Gasteiger charge is -2.13. The highest BCUT2D eigenvalue weighted by molar-refractivity contribution is 8.18. The molecule has 0 saturated carbocycles. The van der Waals surface area contributed by atoms with Crippen molar-refractivity contribution < 1.29 is 14.3 Å². The zero-order chi connectivity index (χ0) is 22.7. The van der Waals surface area contributed by atoms with Crippen molar-refractivity contribution in [1.29, 1.82) is 0 Å². The molecule has 0 bridgehead atoms. The summed E-state index contributed by atoms with van der Waals surface area (Å²) in [5, 5.41) is 1.18. The van der Waals surface area contributed by atoms with Crippen LogP contribution in [0.15, 0.2) is 71.6 Å². The predicted molar refractivity (Wildman–Crippen MR) is 130 cm³/mol. The average Bonchev–Trinajstić information content (AvgIpc) is 3.04. The van der Waals surface area contributed by atoms with Crippen LogP contribution in [0.2, 0.25) is 15.1 Å². The monoisotopic (exact) mass is 503 g/mol. The second-order valence-electron chi connectivity index (χ2n) is 6.97. The third-order valence-corrected chi connectivity index (χ3v) is 6.74. The molecule has 3 aromatic carbocycles. The van der Waals surface area contributed by atoms with Gasteiger partial charge in [0, 0.05) is 5.02 Å². The number of carbonyl (C=O) groups is 2. The van der Waals surface area contributed by atoms with Gasteiger partial charge in [-0.2, -0.15) is 0 Å². The van der Waals surface area contributed by atoms with Crippen molar-refractivity contribution in [2.75, 3.05) is 0 Å². The Morgan fingerprint density at radius 1 is 0.875 bits per heavy atom. The number of hydrogen-bond donors (Lipinski definition) is 0. The lowest BCUT2D eigenvalue weighted by Crippen LogP contribution is -2.27. The molecule has 0 atom stereocenters. The van der Waals surface area contributed by atoms with Crippen molar-refractivity contribution in [3.05, 3.63) is 103 Å². The van der Waals surface area contributed by atoms with Crippen LogP contribution in [0.4, 0.5) is 4.79 Å². The molecule has 162 valence electrons. The Morgan fingerprint density at radius 2 is 1.62 bits per heavy atom. The van der Waals surface area contributed by atoms with Crippen LogP contribution >= 0.6 is 46.6 Å². The highest BCUT2D eigenvalue weighted by Crippen LogP contribution is 2.34. The normalized spacial score (nSPS) is 15.0. The number of amides is 2. The summed E-state index contributed by atoms with van der Waals surface area (Å²) in [5.41, 5.74) is 2.41. The van der Waals surface area contributed by atoms with Crippen molar-refractivity contribution in [2.45, 2.75) is 13.2 Å². The molecule has 4 rings (SSSR count). The summed E-state index contributed by atoms with van der Waals surface area (Å²) in [6, 6.07) is 19.7. The molecule has 1 saturated heterocycles. The van der Waals surface area contributed by atoms with Crippen LogP contribution in [0.1, 0.15) is 16.7 Å². The van der Waals surface area contributed by atoms with E-state index < -0.39 is 0 Å². The fourth-order valence-electron chi connectivity index (χ4n) is 3.04. The van der Waals surface area contributed by atoms with E-state index in [-0.39, 0.29) is 17.7 Å². The minimum Gasteiger partial charge on any atom is -0.489 e. The van der Waals surface area contributed by atoms with E-state index in [9.17, 15) is 9.59 Å². The minimum absolute atomic E-state index is 0.142. The van der Waals surface area contributed by atoms with Gasteiger partial charge in [0.15, 0.2) is 0 Å². The Bertz CT molecular complexity index is 1210. The van der Waals surface area contributed by atoms with Gasteiger partial charge in [-0.1, -0.05) is 71.2 Å². The maximum atomic E-state index is 12.7. The summed E-state index contributed by atoms with van der Waals surface area (Å²) >= 11 is 19.0. The molecule has 1 fully saturated rings. The molecule has 0 unspecified atom stereocenters. The average molecular weight is 505 g/mol. The highest BCUT2D eigenvalue weighted by Gasteiger charge is 2.35. The number of carbonyl (C=O) groups excluding carboxylic acids is 2. The Hall–Kier alpha value is -2.44. The zero-order valence-corrected chi connectivity index (χ0v) is 19.6. The smallest absolute Gasteiger partial charge is 0.293 e. The molecule has 3 aromatic rings. The maximum absolute atomic E-state index is 12.7. The van der Waals surface area contributed by atoms with Crippen LogP contribution in [-0.2, 0) is 17.9 Å². The lowest BCUT2D eigenvalue weighted by atomic mass is 10.2. The largest absolute Gasteiger partial charge is 0.489 e. The number of ether oxygens (including phenoxy) is 1. The van der Waals surface area contributed by atoms with Gasteiger partial charge >= 0.3 is 0 Å². The van der Waals surface area contributed by atoms with E-state index in [0.29, 0.717) is 32.3 Å². The number of rotatable bonds is 6. The first-order valence-electron chi connectivity index (χ1n) is 9.56. The Balaban J connectivity index is 1.41. The van der Waals surface area contributed by atoms with Gasteiger partial charge in [0.05, 0.1) is 21.5 Å². The summed E-state index contributed by atoms with van der Waals surface area (Å²) < 4.78 is 5.78. The van der Waals surface area contributed by atoms with Crippen molar-refractivity contribution in [3.8, 4) is 5.75 Å². The van der Waals surface area contributed by atoms with E-state index in [1.807, 2.05) is 24.3 Å². The molecule has 1 aliphatic heterocycles. The van der Waals surface area contributed by atoms with Crippen LogP contribution in [0.5, 0.6) is 5.75 Å². The number of imide groups is 1. The van der Waals surface area contributed by atoms with E-state index in [2.05, 4.69) is 0 Å². The van der Waals surface area contributed by atoms with E-state index >= 15 is 0 Å². The summed E-state index contributed by atoms with van der Waals surface area (Å²) in [6.07, 6.45) is 1.69. The van der Waals surface area contributed by atoms with Gasteiger partial charge in [-0.15, -0.1) is 0 Å². The van der Waals surface area contributed by atoms with E-state index in [4.69, 9.17) is 39.5 Å². The first-order chi connectivity index (χ1) is 15.4. The van der Waals surface area contributed by atoms with Crippen molar-refractivity contribution in [2.24, 2.45) is 0 Å². The molecule has 0 N–H and O–H groups in total. The Morgan fingerprint density at radius 3 is 2.34 bits per heavy atom. The van der Waals surface area contributed by atoms with Gasteiger partial charge < -0.3 is 4.74 Å². The number of hydrogen-bond acceptors (Lipinski definition) is 4. The molecule has 1 aliphatic rings. The summed E-state index contributed by atoms with van der Waals surface area (Å²) in [6.45, 7) is 0.486. The summed E-state index contributed by atoms with van der Waals surface area (Å²) in [5.74, 6) is 0.333. The van der Waals surface area contributed by atoms with E-state index in [0.717, 1.165) is 28.5 Å². The molecular weight excluding hydrogens is 489 g/mol. The first-order valence-corrected chi connectivity index (χ1v) is 11.5. The van der Waals surface area contributed by atoms with Gasteiger partial charge in [0.25, 0.3) is 11.1 Å². The fraction of sp³-hybridized carbons (Fsp3) is 0.0833. The molecule has 4 nitrogen and oxygen atoms in total. The molecule has 1 heterocycles. The fourth-order valence-corrected chi connectivity index (χ4v) is 4.40. The molecular formula is C24H16Cl3NO3S. The first kappa shape index (κ1) is 22.7. The van der Waals surface area contributed by atoms with Crippen LogP contribution in [-0.4, -0.2) is 16.0 Å². The van der Waals surface area contributed by atoms with Crippen molar-refractivity contribution in [1.82, 2.24) is 4.90 Å². The molecule has 0 aliphatic carbocycles. The third kappa shape index (κ3) is 5.30. The van der Waals surface area contributed by atoms with E-state index in [1.165, 1.54) is 4.90 Å². The summed E-state index contributed by atoms with van der Waals surface area (Å²) in [4.78, 5) is 26.7. The van der Waals surface area contributed by atoms with Gasteiger partial charge in [0.1, 0.15) is 12.4 Å². The van der Waals surface area contributed by atoms with Gasteiger partial charge in [0.2, 0.25) is 0 Å². The lowest BCUT2D eigenvalue weighted by molar-refractivity contribution is -0.123. The van der Waals surface area contributed by atoms with Crippen molar-refractivity contribution >= 4 is 63.8 Å². The number of thioether (sulfide) groups is 1. The molecule has 32 heavy (non-hydrogen) atoms. The standard InChI is InChI=1S/C24H16Cl3NO3S/c25-19-4-2-1-3-17(19)13-28-23(29)22(32-24(28)30)12-15-5-8-18(9-6-15)31-14-16-7-10-20(26)21(27)11-16/h1-12H,13-14H2/b22-12-.